The molecule has 0 amide bonds. The molecule has 82 valence electrons. The molecule has 1 N–H and O–H groups in total. The molecule has 0 heterocycles. The summed E-state index contributed by atoms with van der Waals surface area (Å²) in [6.45, 7) is 0. The van der Waals surface area contributed by atoms with Crippen molar-refractivity contribution < 1.29 is 4.39 Å². The Kier molecular flexibility index (Phi) is 3.80. The van der Waals surface area contributed by atoms with E-state index in [1.54, 1.807) is 0 Å². The summed E-state index contributed by atoms with van der Waals surface area (Å²) in [5.74, 6) is 0. The van der Waals surface area contributed by atoms with Crippen LogP contribution in [0.4, 0.5) is 4.39 Å². The summed E-state index contributed by atoms with van der Waals surface area (Å²) < 4.78 is 13.5. The summed E-state index contributed by atoms with van der Waals surface area (Å²) in [7, 11) is 0. The average Bonchev–Trinajstić information content (AvgIpc) is 2.23. The normalized spacial score (nSPS) is 35.8. The van der Waals surface area contributed by atoms with Gasteiger partial charge in [-0.3, -0.25) is 0 Å². The summed E-state index contributed by atoms with van der Waals surface area (Å²) in [4.78, 5) is 0. The molecule has 0 unspecified atom stereocenters. The van der Waals surface area contributed by atoms with Crippen molar-refractivity contribution in [1.29, 1.82) is 0 Å². The van der Waals surface area contributed by atoms with Gasteiger partial charge < -0.3 is 5.32 Å². The Hall–Kier alpha value is -0.110. The van der Waals surface area contributed by atoms with Gasteiger partial charge in [-0.05, 0) is 25.7 Å². The summed E-state index contributed by atoms with van der Waals surface area (Å²) in [5, 5.41) is 3.53. The lowest BCUT2D eigenvalue weighted by Crippen LogP contribution is -2.46. The van der Waals surface area contributed by atoms with Gasteiger partial charge in [-0.2, -0.15) is 0 Å². The van der Waals surface area contributed by atoms with Crippen molar-refractivity contribution in [1.82, 2.24) is 5.32 Å². The molecule has 14 heavy (non-hydrogen) atoms. The predicted octanol–water partition coefficient (Wildman–Crippen LogP) is 3.19. The third kappa shape index (κ3) is 2.69. The largest absolute Gasteiger partial charge is 0.308 e. The van der Waals surface area contributed by atoms with Gasteiger partial charge in [0.1, 0.15) is 6.17 Å². The van der Waals surface area contributed by atoms with Crippen LogP contribution >= 0.6 is 0 Å². The molecule has 0 aliphatic heterocycles. The zero-order valence-electron chi connectivity index (χ0n) is 8.97. The van der Waals surface area contributed by atoms with E-state index in [-0.39, 0.29) is 6.04 Å². The van der Waals surface area contributed by atoms with Crippen LogP contribution in [0.2, 0.25) is 0 Å². The van der Waals surface area contributed by atoms with E-state index >= 15 is 0 Å². The minimum atomic E-state index is -0.578. The second-order valence-electron chi connectivity index (χ2n) is 4.91. The Morgan fingerprint density at radius 2 is 1.43 bits per heavy atom. The molecular formula is C12H22FN. The van der Waals surface area contributed by atoms with E-state index in [4.69, 9.17) is 0 Å². The lowest BCUT2D eigenvalue weighted by Gasteiger charge is -2.32. The Bertz CT molecular complexity index is 166. The van der Waals surface area contributed by atoms with E-state index in [0.717, 1.165) is 19.3 Å². The molecule has 2 heteroatoms. The topological polar surface area (TPSA) is 12.0 Å². The van der Waals surface area contributed by atoms with Gasteiger partial charge in [0.05, 0.1) is 0 Å². The summed E-state index contributed by atoms with van der Waals surface area (Å²) in [6, 6.07) is 0.789. The highest BCUT2D eigenvalue weighted by molar-refractivity contribution is 4.84. The maximum atomic E-state index is 13.5. The minimum Gasteiger partial charge on any atom is -0.308 e. The molecule has 0 radical (unpaired) electrons. The standard InChI is InChI=1S/C12H22FN/c13-11-8-4-5-9-12(11)14-10-6-2-1-3-7-10/h10-12,14H,1-9H2/t11-,12+/m1/s1. The monoisotopic (exact) mass is 199 g/mol. The molecule has 0 aromatic heterocycles. The molecule has 2 aliphatic carbocycles. The molecule has 0 aromatic rings. The van der Waals surface area contributed by atoms with Crippen LogP contribution < -0.4 is 5.32 Å². The Balaban J connectivity index is 1.76. The van der Waals surface area contributed by atoms with Gasteiger partial charge in [0.15, 0.2) is 0 Å². The van der Waals surface area contributed by atoms with E-state index in [0.29, 0.717) is 6.04 Å². The first-order chi connectivity index (χ1) is 6.86. The molecule has 0 bridgehead atoms. The highest BCUT2D eigenvalue weighted by Gasteiger charge is 2.27. The summed E-state index contributed by atoms with van der Waals surface area (Å²) >= 11 is 0. The van der Waals surface area contributed by atoms with Crippen molar-refractivity contribution >= 4 is 0 Å². The Labute approximate surface area is 86.5 Å². The van der Waals surface area contributed by atoms with E-state index in [1.807, 2.05) is 0 Å². The lowest BCUT2D eigenvalue weighted by molar-refractivity contribution is 0.168. The smallest absolute Gasteiger partial charge is 0.115 e. The Morgan fingerprint density at radius 3 is 2.14 bits per heavy atom. The van der Waals surface area contributed by atoms with Crippen LogP contribution in [0.5, 0.6) is 0 Å². The number of halogens is 1. The molecule has 0 aromatic carbocycles. The first kappa shape index (κ1) is 10.4. The fourth-order valence-corrected chi connectivity index (χ4v) is 2.85. The fourth-order valence-electron chi connectivity index (χ4n) is 2.85. The van der Waals surface area contributed by atoms with Crippen molar-refractivity contribution in [2.45, 2.75) is 76.0 Å². The Morgan fingerprint density at radius 1 is 0.786 bits per heavy atom. The predicted molar refractivity (Wildman–Crippen MR) is 57.2 cm³/mol. The summed E-state index contributed by atoms with van der Waals surface area (Å²) in [5.41, 5.74) is 0. The first-order valence-corrected chi connectivity index (χ1v) is 6.26. The second kappa shape index (κ2) is 5.11. The quantitative estimate of drug-likeness (QED) is 0.720. The van der Waals surface area contributed by atoms with Gasteiger partial charge in [-0.25, -0.2) is 4.39 Å². The van der Waals surface area contributed by atoms with Gasteiger partial charge in [-0.1, -0.05) is 32.1 Å². The molecule has 2 atom stereocenters. The van der Waals surface area contributed by atoms with Crippen LogP contribution in [0.15, 0.2) is 0 Å². The minimum absolute atomic E-state index is 0.173. The second-order valence-corrected chi connectivity index (χ2v) is 4.91. The third-order valence-corrected chi connectivity index (χ3v) is 3.74. The van der Waals surface area contributed by atoms with Gasteiger partial charge in [-0.15, -0.1) is 0 Å². The van der Waals surface area contributed by atoms with Gasteiger partial charge in [0.25, 0.3) is 0 Å². The van der Waals surface area contributed by atoms with E-state index < -0.39 is 6.17 Å². The van der Waals surface area contributed by atoms with Crippen molar-refractivity contribution in [3.05, 3.63) is 0 Å². The molecule has 0 spiro atoms. The zero-order chi connectivity index (χ0) is 9.80. The maximum Gasteiger partial charge on any atom is 0.115 e. The highest BCUT2D eigenvalue weighted by atomic mass is 19.1. The van der Waals surface area contributed by atoms with E-state index in [9.17, 15) is 4.39 Å². The van der Waals surface area contributed by atoms with Crippen LogP contribution in [0, 0.1) is 0 Å². The highest BCUT2D eigenvalue weighted by Crippen LogP contribution is 2.24. The molecule has 0 saturated heterocycles. The van der Waals surface area contributed by atoms with Crippen molar-refractivity contribution in [2.24, 2.45) is 0 Å². The van der Waals surface area contributed by atoms with Crippen LogP contribution in [0.25, 0.3) is 0 Å². The first-order valence-electron chi connectivity index (χ1n) is 6.26. The van der Waals surface area contributed by atoms with E-state index in [2.05, 4.69) is 5.32 Å². The molecule has 2 saturated carbocycles. The van der Waals surface area contributed by atoms with Crippen molar-refractivity contribution in [3.63, 3.8) is 0 Å². The molecule has 1 nitrogen and oxygen atoms in total. The van der Waals surface area contributed by atoms with Gasteiger partial charge in [0.2, 0.25) is 0 Å². The number of alkyl halides is 1. The average molecular weight is 199 g/mol. The van der Waals surface area contributed by atoms with Crippen molar-refractivity contribution in [3.8, 4) is 0 Å². The lowest BCUT2D eigenvalue weighted by atomic mass is 9.90. The number of hydrogen-bond donors (Lipinski definition) is 1. The van der Waals surface area contributed by atoms with Gasteiger partial charge >= 0.3 is 0 Å². The van der Waals surface area contributed by atoms with Gasteiger partial charge in [0, 0.05) is 12.1 Å². The number of rotatable bonds is 2. The third-order valence-electron chi connectivity index (χ3n) is 3.74. The SMILES string of the molecule is F[C@@H]1CCCC[C@@H]1NC1CCCCC1. The number of hydrogen-bond acceptors (Lipinski definition) is 1. The van der Waals surface area contributed by atoms with Crippen LogP contribution in [-0.2, 0) is 0 Å². The molecule has 2 fully saturated rings. The molecular weight excluding hydrogens is 177 g/mol. The van der Waals surface area contributed by atoms with Crippen molar-refractivity contribution in [2.75, 3.05) is 0 Å². The zero-order valence-corrected chi connectivity index (χ0v) is 8.97. The number of nitrogens with one attached hydrogen (secondary N) is 1. The van der Waals surface area contributed by atoms with Crippen LogP contribution in [-0.4, -0.2) is 18.3 Å². The van der Waals surface area contributed by atoms with Crippen LogP contribution in [0.3, 0.4) is 0 Å². The van der Waals surface area contributed by atoms with Crippen LogP contribution in [0.1, 0.15) is 57.8 Å². The maximum absolute atomic E-state index is 13.5. The fraction of sp³-hybridized carbons (Fsp3) is 1.00. The molecule has 2 rings (SSSR count). The molecule has 2 aliphatic rings. The summed E-state index contributed by atoms with van der Waals surface area (Å²) in [6.07, 6.45) is 10.1. The van der Waals surface area contributed by atoms with E-state index in [1.165, 1.54) is 38.5 Å².